The zero-order valence-corrected chi connectivity index (χ0v) is 9.19. The minimum Gasteiger partial charge on any atom is -0.481 e. The van der Waals surface area contributed by atoms with Crippen molar-refractivity contribution in [3.63, 3.8) is 0 Å². The molecule has 0 bridgehead atoms. The van der Waals surface area contributed by atoms with Gasteiger partial charge in [0, 0.05) is 19.3 Å². The SMILES string of the molecule is CN1CCC(C(=O)O)C2CCOCCC21. The zero-order valence-electron chi connectivity index (χ0n) is 9.19. The van der Waals surface area contributed by atoms with E-state index in [-0.39, 0.29) is 11.8 Å². The number of ether oxygens (including phenoxy) is 1. The molecule has 0 aromatic rings. The molecule has 4 nitrogen and oxygen atoms in total. The number of hydrogen-bond acceptors (Lipinski definition) is 3. The fourth-order valence-electron chi connectivity index (χ4n) is 2.98. The van der Waals surface area contributed by atoms with Gasteiger partial charge in [-0.2, -0.15) is 0 Å². The topological polar surface area (TPSA) is 49.8 Å². The molecule has 0 spiro atoms. The van der Waals surface area contributed by atoms with Crippen molar-refractivity contribution in [1.82, 2.24) is 4.90 Å². The fraction of sp³-hybridized carbons (Fsp3) is 0.909. The maximum atomic E-state index is 11.2. The molecule has 0 aromatic heterocycles. The number of rotatable bonds is 1. The van der Waals surface area contributed by atoms with Gasteiger partial charge in [0.2, 0.25) is 0 Å². The average Bonchev–Trinajstić information content (AvgIpc) is 2.43. The Kier molecular flexibility index (Phi) is 3.26. The highest BCUT2D eigenvalue weighted by molar-refractivity contribution is 5.70. The highest BCUT2D eigenvalue weighted by Crippen LogP contribution is 2.34. The summed E-state index contributed by atoms with van der Waals surface area (Å²) in [6, 6.07) is 0.405. The molecule has 1 N–H and O–H groups in total. The fourth-order valence-corrected chi connectivity index (χ4v) is 2.98. The summed E-state index contributed by atoms with van der Waals surface area (Å²) in [6.07, 6.45) is 2.66. The van der Waals surface area contributed by atoms with Crippen molar-refractivity contribution < 1.29 is 14.6 Å². The number of hydrogen-bond donors (Lipinski definition) is 1. The van der Waals surface area contributed by atoms with Crippen molar-refractivity contribution in [2.75, 3.05) is 26.8 Å². The number of carbonyl (C=O) groups is 1. The number of carboxylic acid groups (broad SMARTS) is 1. The predicted molar refractivity (Wildman–Crippen MR) is 55.7 cm³/mol. The molecule has 0 amide bonds. The summed E-state index contributed by atoms with van der Waals surface area (Å²) in [7, 11) is 2.10. The largest absolute Gasteiger partial charge is 0.481 e. The zero-order chi connectivity index (χ0) is 10.8. The van der Waals surface area contributed by atoms with Crippen molar-refractivity contribution in [1.29, 1.82) is 0 Å². The average molecular weight is 213 g/mol. The summed E-state index contributed by atoms with van der Waals surface area (Å²) in [6.45, 7) is 2.40. The third kappa shape index (κ3) is 2.16. The molecule has 0 radical (unpaired) electrons. The maximum absolute atomic E-state index is 11.2. The molecular weight excluding hydrogens is 194 g/mol. The Balaban J connectivity index is 2.14. The first-order valence-electron chi connectivity index (χ1n) is 5.71. The second-order valence-corrected chi connectivity index (χ2v) is 4.63. The van der Waals surface area contributed by atoms with E-state index in [9.17, 15) is 9.90 Å². The number of fused-ring (bicyclic) bond motifs is 1. The molecule has 2 saturated heterocycles. The second kappa shape index (κ2) is 4.49. The summed E-state index contributed by atoms with van der Waals surface area (Å²) in [4.78, 5) is 13.5. The maximum Gasteiger partial charge on any atom is 0.306 e. The Labute approximate surface area is 90.2 Å². The van der Waals surface area contributed by atoms with Gasteiger partial charge in [-0.1, -0.05) is 0 Å². The molecule has 2 rings (SSSR count). The summed E-state index contributed by atoms with van der Waals surface area (Å²) in [5.74, 6) is -0.503. The van der Waals surface area contributed by atoms with Crippen LogP contribution in [0, 0.1) is 11.8 Å². The predicted octanol–water partition coefficient (Wildman–Crippen LogP) is 0.818. The Morgan fingerprint density at radius 2 is 2.07 bits per heavy atom. The summed E-state index contributed by atoms with van der Waals surface area (Å²) in [5.41, 5.74) is 0. The third-order valence-corrected chi connectivity index (χ3v) is 3.84. The first-order chi connectivity index (χ1) is 7.20. The number of aliphatic carboxylic acids is 1. The van der Waals surface area contributed by atoms with E-state index in [1.54, 1.807) is 0 Å². The van der Waals surface area contributed by atoms with Gasteiger partial charge in [0.25, 0.3) is 0 Å². The quantitative estimate of drug-likeness (QED) is 0.700. The van der Waals surface area contributed by atoms with Crippen molar-refractivity contribution in [3.8, 4) is 0 Å². The summed E-state index contributed by atoms with van der Waals surface area (Å²) >= 11 is 0. The normalized spacial score (nSPS) is 38.1. The van der Waals surface area contributed by atoms with Crippen LogP contribution in [-0.2, 0) is 9.53 Å². The van der Waals surface area contributed by atoms with Gasteiger partial charge in [-0.3, -0.25) is 4.79 Å². The van der Waals surface area contributed by atoms with Gasteiger partial charge in [-0.25, -0.2) is 0 Å². The molecule has 86 valence electrons. The first-order valence-corrected chi connectivity index (χ1v) is 5.71. The Morgan fingerprint density at radius 3 is 2.80 bits per heavy atom. The van der Waals surface area contributed by atoms with E-state index in [0.29, 0.717) is 6.04 Å². The lowest BCUT2D eigenvalue weighted by Gasteiger charge is -2.41. The number of likely N-dealkylation sites (tertiary alicyclic amines) is 1. The summed E-state index contributed by atoms with van der Waals surface area (Å²) in [5, 5.41) is 9.20. The van der Waals surface area contributed by atoms with E-state index in [0.717, 1.165) is 39.0 Å². The molecule has 3 unspecified atom stereocenters. The molecule has 15 heavy (non-hydrogen) atoms. The van der Waals surface area contributed by atoms with Crippen LogP contribution in [0.5, 0.6) is 0 Å². The minimum absolute atomic E-state index is 0.159. The van der Waals surface area contributed by atoms with Gasteiger partial charge in [0.15, 0.2) is 0 Å². The highest BCUT2D eigenvalue weighted by atomic mass is 16.5. The van der Waals surface area contributed by atoms with Gasteiger partial charge >= 0.3 is 5.97 Å². The third-order valence-electron chi connectivity index (χ3n) is 3.84. The van der Waals surface area contributed by atoms with E-state index in [1.807, 2.05) is 0 Å². The van der Waals surface area contributed by atoms with Crippen molar-refractivity contribution in [2.24, 2.45) is 11.8 Å². The van der Waals surface area contributed by atoms with Crippen LogP contribution >= 0.6 is 0 Å². The molecule has 4 heteroatoms. The standard InChI is InChI=1S/C11H19NO3/c1-12-5-2-9(11(13)14)8-3-6-15-7-4-10(8)12/h8-10H,2-7H2,1H3,(H,13,14). The molecule has 0 saturated carbocycles. The van der Waals surface area contributed by atoms with Crippen LogP contribution in [0.25, 0.3) is 0 Å². The molecule has 2 aliphatic rings. The van der Waals surface area contributed by atoms with Crippen molar-refractivity contribution >= 4 is 5.97 Å². The van der Waals surface area contributed by atoms with Crippen LogP contribution in [0.15, 0.2) is 0 Å². The lowest BCUT2D eigenvalue weighted by molar-refractivity contribution is -0.147. The molecule has 0 aromatic carbocycles. The van der Waals surface area contributed by atoms with Crippen LogP contribution in [0.1, 0.15) is 19.3 Å². The van der Waals surface area contributed by atoms with E-state index in [1.165, 1.54) is 0 Å². The number of carboxylic acids is 1. The van der Waals surface area contributed by atoms with Crippen LogP contribution < -0.4 is 0 Å². The Morgan fingerprint density at radius 1 is 1.33 bits per heavy atom. The summed E-state index contributed by atoms with van der Waals surface area (Å²) < 4.78 is 5.44. The molecule has 0 aliphatic carbocycles. The van der Waals surface area contributed by atoms with Crippen molar-refractivity contribution in [2.45, 2.75) is 25.3 Å². The lowest BCUT2D eigenvalue weighted by Crippen LogP contribution is -2.49. The van der Waals surface area contributed by atoms with Gasteiger partial charge < -0.3 is 14.7 Å². The van der Waals surface area contributed by atoms with Gasteiger partial charge in [-0.05, 0) is 38.8 Å². The van der Waals surface area contributed by atoms with Crippen molar-refractivity contribution in [3.05, 3.63) is 0 Å². The van der Waals surface area contributed by atoms with Gasteiger partial charge in [-0.15, -0.1) is 0 Å². The van der Waals surface area contributed by atoms with Crippen LogP contribution in [0.2, 0.25) is 0 Å². The van der Waals surface area contributed by atoms with Gasteiger partial charge in [0.05, 0.1) is 5.92 Å². The second-order valence-electron chi connectivity index (χ2n) is 4.63. The minimum atomic E-state index is -0.625. The van der Waals surface area contributed by atoms with E-state index < -0.39 is 5.97 Å². The number of piperidine rings is 1. The molecule has 3 atom stereocenters. The first kappa shape index (κ1) is 10.9. The Bertz CT molecular complexity index is 244. The molecular formula is C11H19NO3. The smallest absolute Gasteiger partial charge is 0.306 e. The molecule has 2 aliphatic heterocycles. The molecule has 2 fully saturated rings. The lowest BCUT2D eigenvalue weighted by atomic mass is 9.77. The van der Waals surface area contributed by atoms with Crippen LogP contribution in [0.3, 0.4) is 0 Å². The van der Waals surface area contributed by atoms with Crippen LogP contribution in [-0.4, -0.2) is 48.8 Å². The van der Waals surface area contributed by atoms with E-state index >= 15 is 0 Å². The molecule has 2 heterocycles. The van der Waals surface area contributed by atoms with Gasteiger partial charge in [0.1, 0.15) is 0 Å². The Hall–Kier alpha value is -0.610. The monoisotopic (exact) mass is 213 g/mol. The number of nitrogens with zero attached hydrogens (tertiary/aromatic N) is 1. The van der Waals surface area contributed by atoms with E-state index in [2.05, 4.69) is 11.9 Å². The highest BCUT2D eigenvalue weighted by Gasteiger charge is 2.40. The van der Waals surface area contributed by atoms with E-state index in [4.69, 9.17) is 4.74 Å². The van der Waals surface area contributed by atoms with Crippen LogP contribution in [0.4, 0.5) is 0 Å².